The SMILES string of the molecule is COc1cc(/C=N/NC(=O)c2cc3ccccc3o2)cc(Br)c1OCC(=O)Nc1ccccc1. The Labute approximate surface area is 203 Å². The number of hydrogen-bond donors (Lipinski definition) is 2. The maximum absolute atomic E-state index is 12.3. The number of anilines is 1. The molecule has 0 atom stereocenters. The molecule has 0 saturated carbocycles. The average molecular weight is 522 g/mol. The standard InChI is InChI=1S/C25H20BrN3O5/c1-32-21-12-16(14-27-29-25(31)22-13-17-7-5-6-10-20(17)34-22)11-19(26)24(21)33-15-23(30)28-18-8-3-2-4-9-18/h2-14H,15H2,1H3,(H,28,30)(H,29,31)/b27-14+. The largest absolute Gasteiger partial charge is 0.493 e. The summed E-state index contributed by atoms with van der Waals surface area (Å²) in [5.74, 6) is 0.151. The molecule has 2 amide bonds. The van der Waals surface area contributed by atoms with Gasteiger partial charge in [0.05, 0.1) is 17.8 Å². The number of carbonyl (C=O) groups is 2. The van der Waals surface area contributed by atoms with E-state index in [0.29, 0.717) is 32.8 Å². The van der Waals surface area contributed by atoms with Crippen LogP contribution in [0.4, 0.5) is 5.69 Å². The fourth-order valence-electron chi connectivity index (χ4n) is 3.12. The fourth-order valence-corrected chi connectivity index (χ4v) is 3.70. The Morgan fingerprint density at radius 3 is 2.59 bits per heavy atom. The van der Waals surface area contributed by atoms with Crippen molar-refractivity contribution in [2.75, 3.05) is 19.0 Å². The van der Waals surface area contributed by atoms with E-state index in [1.807, 2.05) is 36.4 Å². The van der Waals surface area contributed by atoms with E-state index in [1.165, 1.54) is 13.3 Å². The van der Waals surface area contributed by atoms with Gasteiger partial charge in [-0.1, -0.05) is 36.4 Å². The molecule has 0 bridgehead atoms. The average Bonchev–Trinajstić information content (AvgIpc) is 3.28. The number of methoxy groups -OCH3 is 1. The van der Waals surface area contributed by atoms with Gasteiger partial charge >= 0.3 is 5.91 Å². The summed E-state index contributed by atoms with van der Waals surface area (Å²) in [5, 5.41) is 7.57. The van der Waals surface area contributed by atoms with Crippen LogP contribution in [-0.2, 0) is 4.79 Å². The maximum Gasteiger partial charge on any atom is 0.307 e. The van der Waals surface area contributed by atoms with E-state index in [9.17, 15) is 9.59 Å². The number of furan rings is 1. The Kier molecular flexibility index (Phi) is 7.24. The lowest BCUT2D eigenvalue weighted by Crippen LogP contribution is -2.20. The highest BCUT2D eigenvalue weighted by molar-refractivity contribution is 9.10. The van der Waals surface area contributed by atoms with Gasteiger partial charge in [0.25, 0.3) is 5.91 Å². The molecule has 172 valence electrons. The number of para-hydroxylation sites is 2. The van der Waals surface area contributed by atoms with E-state index < -0.39 is 5.91 Å². The second-order valence-electron chi connectivity index (χ2n) is 7.08. The van der Waals surface area contributed by atoms with Gasteiger partial charge in [-0.05, 0) is 57.9 Å². The molecule has 0 saturated heterocycles. The number of ether oxygens (including phenoxy) is 2. The van der Waals surface area contributed by atoms with Crippen LogP contribution in [-0.4, -0.2) is 31.7 Å². The monoisotopic (exact) mass is 521 g/mol. The van der Waals surface area contributed by atoms with Gasteiger partial charge in [-0.2, -0.15) is 5.10 Å². The minimum Gasteiger partial charge on any atom is -0.493 e. The van der Waals surface area contributed by atoms with Crippen LogP contribution in [0.15, 0.2) is 86.8 Å². The number of amides is 2. The number of hydrogen-bond acceptors (Lipinski definition) is 6. The normalized spacial score (nSPS) is 10.9. The van der Waals surface area contributed by atoms with Gasteiger partial charge in [-0.3, -0.25) is 9.59 Å². The third-order valence-corrected chi connectivity index (χ3v) is 5.27. The fraction of sp³-hybridized carbons (Fsp3) is 0.0800. The zero-order chi connectivity index (χ0) is 23.9. The second kappa shape index (κ2) is 10.7. The molecule has 9 heteroatoms. The van der Waals surface area contributed by atoms with Crippen molar-refractivity contribution in [2.45, 2.75) is 0 Å². The molecule has 1 heterocycles. The first-order chi connectivity index (χ1) is 16.5. The number of nitrogens with zero attached hydrogens (tertiary/aromatic N) is 1. The number of benzene rings is 3. The second-order valence-corrected chi connectivity index (χ2v) is 7.94. The molecule has 0 fully saturated rings. The Morgan fingerprint density at radius 2 is 1.82 bits per heavy atom. The van der Waals surface area contributed by atoms with E-state index >= 15 is 0 Å². The quantitative estimate of drug-likeness (QED) is 0.251. The highest BCUT2D eigenvalue weighted by Crippen LogP contribution is 2.36. The maximum atomic E-state index is 12.3. The Bertz CT molecular complexity index is 1320. The van der Waals surface area contributed by atoms with Crippen LogP contribution in [0, 0.1) is 0 Å². The molecule has 0 aliphatic heterocycles. The molecular formula is C25H20BrN3O5. The minimum absolute atomic E-state index is 0.162. The molecule has 3 aromatic carbocycles. The molecule has 0 radical (unpaired) electrons. The summed E-state index contributed by atoms with van der Waals surface area (Å²) in [6.07, 6.45) is 1.46. The van der Waals surface area contributed by atoms with Crippen molar-refractivity contribution in [2.24, 2.45) is 5.10 Å². The van der Waals surface area contributed by atoms with E-state index in [0.717, 1.165) is 5.39 Å². The summed E-state index contributed by atoms with van der Waals surface area (Å²) in [4.78, 5) is 24.5. The van der Waals surface area contributed by atoms with Crippen LogP contribution < -0.4 is 20.2 Å². The highest BCUT2D eigenvalue weighted by Gasteiger charge is 2.14. The molecule has 4 aromatic rings. The Morgan fingerprint density at radius 1 is 1.06 bits per heavy atom. The van der Waals surface area contributed by atoms with Crippen LogP contribution in [0.2, 0.25) is 0 Å². The van der Waals surface area contributed by atoms with Crippen LogP contribution in [0.3, 0.4) is 0 Å². The minimum atomic E-state index is -0.470. The highest BCUT2D eigenvalue weighted by atomic mass is 79.9. The molecule has 1 aromatic heterocycles. The van der Waals surface area contributed by atoms with Gasteiger partial charge < -0.3 is 19.2 Å². The van der Waals surface area contributed by atoms with Crippen LogP contribution in [0.5, 0.6) is 11.5 Å². The van der Waals surface area contributed by atoms with E-state index in [1.54, 1.807) is 36.4 Å². The summed E-state index contributed by atoms with van der Waals surface area (Å²) in [5.41, 5.74) is 4.38. The number of fused-ring (bicyclic) bond motifs is 1. The number of halogens is 1. The van der Waals surface area contributed by atoms with Crippen molar-refractivity contribution in [3.05, 3.63) is 88.6 Å². The summed E-state index contributed by atoms with van der Waals surface area (Å²) < 4.78 is 17.1. The Balaban J connectivity index is 1.39. The molecule has 0 spiro atoms. The molecule has 0 aliphatic carbocycles. The van der Waals surface area contributed by atoms with Crippen LogP contribution >= 0.6 is 15.9 Å². The molecule has 0 aliphatic rings. The van der Waals surface area contributed by atoms with Gasteiger partial charge in [0.2, 0.25) is 0 Å². The molecule has 8 nitrogen and oxygen atoms in total. The number of nitrogens with one attached hydrogen (secondary N) is 2. The summed E-state index contributed by atoms with van der Waals surface area (Å²) in [7, 11) is 1.49. The zero-order valence-corrected chi connectivity index (χ0v) is 19.7. The lowest BCUT2D eigenvalue weighted by molar-refractivity contribution is -0.118. The third kappa shape index (κ3) is 5.62. The molecule has 2 N–H and O–H groups in total. The lowest BCUT2D eigenvalue weighted by atomic mass is 10.2. The Hall–Kier alpha value is -4.11. The number of rotatable bonds is 8. The smallest absolute Gasteiger partial charge is 0.307 e. The molecular weight excluding hydrogens is 502 g/mol. The molecule has 4 rings (SSSR count). The predicted molar refractivity (Wildman–Crippen MR) is 133 cm³/mol. The van der Waals surface area contributed by atoms with Crippen LogP contribution in [0.25, 0.3) is 11.0 Å². The topological polar surface area (TPSA) is 102 Å². The van der Waals surface area contributed by atoms with Crippen molar-refractivity contribution in [1.82, 2.24) is 5.43 Å². The van der Waals surface area contributed by atoms with Crippen molar-refractivity contribution < 1.29 is 23.5 Å². The number of carbonyl (C=O) groups excluding carboxylic acids is 2. The van der Waals surface area contributed by atoms with Crippen molar-refractivity contribution >= 4 is 50.6 Å². The van der Waals surface area contributed by atoms with Crippen molar-refractivity contribution in [3.63, 3.8) is 0 Å². The third-order valence-electron chi connectivity index (χ3n) is 4.69. The predicted octanol–water partition coefficient (Wildman–Crippen LogP) is 4.99. The number of hydrazone groups is 1. The van der Waals surface area contributed by atoms with E-state index in [4.69, 9.17) is 13.9 Å². The van der Waals surface area contributed by atoms with Gasteiger partial charge in [0.15, 0.2) is 23.9 Å². The first-order valence-electron chi connectivity index (χ1n) is 10.2. The summed E-state index contributed by atoms with van der Waals surface area (Å²) in [6.45, 7) is -0.204. The van der Waals surface area contributed by atoms with Gasteiger partial charge in [0.1, 0.15) is 5.58 Å². The van der Waals surface area contributed by atoms with Crippen molar-refractivity contribution in [1.29, 1.82) is 0 Å². The first kappa shape index (κ1) is 23.1. The van der Waals surface area contributed by atoms with E-state index in [2.05, 4.69) is 31.8 Å². The summed E-state index contributed by atoms with van der Waals surface area (Å²) >= 11 is 3.43. The van der Waals surface area contributed by atoms with Gasteiger partial charge in [-0.25, -0.2) is 5.43 Å². The van der Waals surface area contributed by atoms with Gasteiger partial charge in [-0.15, -0.1) is 0 Å². The van der Waals surface area contributed by atoms with Crippen molar-refractivity contribution in [3.8, 4) is 11.5 Å². The first-order valence-corrected chi connectivity index (χ1v) is 11.0. The van der Waals surface area contributed by atoms with E-state index in [-0.39, 0.29) is 18.3 Å². The van der Waals surface area contributed by atoms with Gasteiger partial charge in [0, 0.05) is 11.1 Å². The zero-order valence-electron chi connectivity index (χ0n) is 18.1. The van der Waals surface area contributed by atoms with Crippen LogP contribution in [0.1, 0.15) is 16.1 Å². The molecule has 34 heavy (non-hydrogen) atoms. The lowest BCUT2D eigenvalue weighted by Gasteiger charge is -2.13. The summed E-state index contributed by atoms with van der Waals surface area (Å²) in [6, 6.07) is 21.5. The molecule has 0 unspecified atom stereocenters.